The summed E-state index contributed by atoms with van der Waals surface area (Å²) in [5.41, 5.74) is 2.83. The van der Waals surface area contributed by atoms with Crippen LogP contribution in [0.5, 0.6) is 0 Å². The molecule has 0 spiro atoms. The van der Waals surface area contributed by atoms with Crippen LogP contribution < -0.4 is 5.32 Å². The molecule has 0 fully saturated rings. The van der Waals surface area contributed by atoms with Gasteiger partial charge in [0.1, 0.15) is 0 Å². The van der Waals surface area contributed by atoms with Gasteiger partial charge in [-0.3, -0.25) is 9.59 Å². The molecule has 0 saturated carbocycles. The zero-order valence-electron chi connectivity index (χ0n) is 17.5. The first-order chi connectivity index (χ1) is 14.2. The van der Waals surface area contributed by atoms with E-state index >= 15 is 0 Å². The van der Waals surface area contributed by atoms with Gasteiger partial charge in [0, 0.05) is 24.1 Å². The Morgan fingerprint density at radius 3 is 2.28 bits per heavy atom. The van der Waals surface area contributed by atoms with E-state index < -0.39 is 0 Å². The van der Waals surface area contributed by atoms with Crippen LogP contribution in [0.4, 0.5) is 5.69 Å². The first-order valence-corrected chi connectivity index (χ1v) is 10.8. The highest BCUT2D eigenvalue weighted by molar-refractivity contribution is 5.95. The molecule has 156 valence electrons. The lowest BCUT2D eigenvalue weighted by molar-refractivity contribution is -0.143. The van der Waals surface area contributed by atoms with E-state index in [9.17, 15) is 9.59 Å². The van der Waals surface area contributed by atoms with E-state index in [1.165, 1.54) is 25.7 Å². The third-order valence-electron chi connectivity index (χ3n) is 4.83. The molecule has 0 aliphatic rings. The van der Waals surface area contributed by atoms with Gasteiger partial charge in [-0.1, -0.05) is 87.6 Å². The minimum atomic E-state index is -0.212. The highest BCUT2D eigenvalue weighted by atomic mass is 16.5. The predicted molar refractivity (Wildman–Crippen MR) is 119 cm³/mol. The van der Waals surface area contributed by atoms with Gasteiger partial charge in [0.2, 0.25) is 5.91 Å². The van der Waals surface area contributed by atoms with E-state index in [1.54, 1.807) is 0 Å². The second-order valence-electron chi connectivity index (χ2n) is 7.30. The number of esters is 1. The SMILES string of the molecule is CCCCCCCCOC(=O)CCCC(=O)Nc1ccccc1-c1ccccc1. The summed E-state index contributed by atoms with van der Waals surface area (Å²) < 4.78 is 5.25. The Bertz CT molecular complexity index is 743. The summed E-state index contributed by atoms with van der Waals surface area (Å²) in [5, 5.41) is 2.97. The molecular weight excluding hydrogens is 362 g/mol. The molecule has 2 aromatic rings. The lowest BCUT2D eigenvalue weighted by Gasteiger charge is -2.11. The predicted octanol–water partition coefficient (Wildman–Crippen LogP) is 6.37. The zero-order chi connectivity index (χ0) is 20.7. The smallest absolute Gasteiger partial charge is 0.305 e. The van der Waals surface area contributed by atoms with Crippen LogP contribution in [0.25, 0.3) is 11.1 Å². The number of carbonyl (C=O) groups is 2. The van der Waals surface area contributed by atoms with Crippen molar-refractivity contribution in [2.45, 2.75) is 64.7 Å². The van der Waals surface area contributed by atoms with Gasteiger partial charge in [-0.05, 0) is 24.5 Å². The van der Waals surface area contributed by atoms with Gasteiger partial charge in [0.25, 0.3) is 0 Å². The third kappa shape index (κ3) is 8.95. The van der Waals surface area contributed by atoms with Gasteiger partial charge in [0.05, 0.1) is 6.61 Å². The molecule has 0 radical (unpaired) electrons. The Morgan fingerprint density at radius 1 is 0.793 bits per heavy atom. The number of benzene rings is 2. The van der Waals surface area contributed by atoms with Crippen molar-refractivity contribution in [2.75, 3.05) is 11.9 Å². The zero-order valence-corrected chi connectivity index (χ0v) is 17.5. The number of ether oxygens (including phenoxy) is 1. The highest BCUT2D eigenvalue weighted by Crippen LogP contribution is 2.27. The van der Waals surface area contributed by atoms with Crippen LogP contribution in [0.15, 0.2) is 54.6 Å². The molecule has 0 unspecified atom stereocenters. The summed E-state index contributed by atoms with van der Waals surface area (Å²) in [6, 6.07) is 17.7. The van der Waals surface area contributed by atoms with Crippen LogP contribution in [0.3, 0.4) is 0 Å². The molecule has 1 N–H and O–H groups in total. The van der Waals surface area contributed by atoms with E-state index in [0.29, 0.717) is 19.4 Å². The summed E-state index contributed by atoms with van der Waals surface area (Å²) in [6.45, 7) is 2.69. The number of anilines is 1. The van der Waals surface area contributed by atoms with Gasteiger partial charge in [0.15, 0.2) is 0 Å². The molecule has 29 heavy (non-hydrogen) atoms. The Hall–Kier alpha value is -2.62. The minimum absolute atomic E-state index is 0.0860. The molecule has 1 amide bonds. The van der Waals surface area contributed by atoms with Gasteiger partial charge in [-0.25, -0.2) is 0 Å². The largest absolute Gasteiger partial charge is 0.466 e. The summed E-state index contributed by atoms with van der Waals surface area (Å²) in [6.07, 6.45) is 8.08. The standard InChI is InChI=1S/C25H33NO3/c1-2-3-4-5-6-12-20-29-25(28)19-13-18-24(27)26-23-17-11-10-16-22(23)21-14-8-7-9-15-21/h7-11,14-17H,2-6,12-13,18-20H2,1H3,(H,26,27). The molecule has 0 bridgehead atoms. The minimum Gasteiger partial charge on any atom is -0.466 e. The monoisotopic (exact) mass is 395 g/mol. The van der Waals surface area contributed by atoms with Crippen molar-refractivity contribution in [1.29, 1.82) is 0 Å². The van der Waals surface area contributed by atoms with Crippen LogP contribution in [-0.2, 0) is 14.3 Å². The Kier molecular flexibility index (Phi) is 10.6. The molecule has 0 heterocycles. The Morgan fingerprint density at radius 2 is 1.48 bits per heavy atom. The number of unbranched alkanes of at least 4 members (excludes halogenated alkanes) is 5. The van der Waals surface area contributed by atoms with Crippen LogP contribution in [0.1, 0.15) is 64.7 Å². The number of amides is 1. The fourth-order valence-corrected chi connectivity index (χ4v) is 3.21. The summed E-state index contributed by atoms with van der Waals surface area (Å²) in [5.74, 6) is -0.298. The molecule has 0 aromatic heterocycles. The molecule has 2 aromatic carbocycles. The summed E-state index contributed by atoms with van der Waals surface area (Å²) in [7, 11) is 0. The van der Waals surface area contributed by atoms with Crippen LogP contribution in [-0.4, -0.2) is 18.5 Å². The number of para-hydroxylation sites is 1. The fraction of sp³-hybridized carbons (Fsp3) is 0.440. The quantitative estimate of drug-likeness (QED) is 0.317. The number of nitrogens with one attached hydrogen (secondary N) is 1. The van der Waals surface area contributed by atoms with Crippen molar-refractivity contribution in [2.24, 2.45) is 0 Å². The van der Waals surface area contributed by atoms with Crippen molar-refractivity contribution in [3.63, 3.8) is 0 Å². The number of rotatable bonds is 13. The molecule has 4 heteroatoms. The van der Waals surface area contributed by atoms with Crippen molar-refractivity contribution in [3.8, 4) is 11.1 Å². The first-order valence-electron chi connectivity index (χ1n) is 10.8. The van der Waals surface area contributed by atoms with Gasteiger partial charge >= 0.3 is 5.97 Å². The fourth-order valence-electron chi connectivity index (χ4n) is 3.21. The molecule has 0 aliphatic carbocycles. The van der Waals surface area contributed by atoms with E-state index in [4.69, 9.17) is 4.74 Å². The molecule has 0 atom stereocenters. The van der Waals surface area contributed by atoms with Gasteiger partial charge < -0.3 is 10.1 Å². The average Bonchev–Trinajstić information content (AvgIpc) is 2.74. The summed E-state index contributed by atoms with van der Waals surface area (Å²) >= 11 is 0. The molecule has 2 rings (SSSR count). The van der Waals surface area contributed by atoms with Crippen LogP contribution in [0.2, 0.25) is 0 Å². The average molecular weight is 396 g/mol. The maximum absolute atomic E-state index is 12.3. The van der Waals surface area contributed by atoms with Crippen molar-refractivity contribution >= 4 is 17.6 Å². The number of carbonyl (C=O) groups excluding carboxylic acids is 2. The van der Waals surface area contributed by atoms with Crippen molar-refractivity contribution in [3.05, 3.63) is 54.6 Å². The topological polar surface area (TPSA) is 55.4 Å². The van der Waals surface area contributed by atoms with E-state index in [-0.39, 0.29) is 18.3 Å². The molecule has 0 aliphatic heterocycles. The van der Waals surface area contributed by atoms with Gasteiger partial charge in [-0.15, -0.1) is 0 Å². The van der Waals surface area contributed by atoms with Crippen molar-refractivity contribution < 1.29 is 14.3 Å². The maximum Gasteiger partial charge on any atom is 0.305 e. The second-order valence-corrected chi connectivity index (χ2v) is 7.30. The summed E-state index contributed by atoms with van der Waals surface area (Å²) in [4.78, 5) is 24.1. The molecule has 0 saturated heterocycles. The maximum atomic E-state index is 12.3. The third-order valence-corrected chi connectivity index (χ3v) is 4.83. The lowest BCUT2D eigenvalue weighted by atomic mass is 10.0. The first kappa shape index (κ1) is 22.7. The molecular formula is C25H33NO3. The number of hydrogen-bond acceptors (Lipinski definition) is 3. The Balaban J connectivity index is 1.66. The lowest BCUT2D eigenvalue weighted by Crippen LogP contribution is -2.13. The normalized spacial score (nSPS) is 10.5. The van der Waals surface area contributed by atoms with Crippen LogP contribution >= 0.6 is 0 Å². The Labute approximate surface area is 174 Å². The van der Waals surface area contributed by atoms with Crippen molar-refractivity contribution in [1.82, 2.24) is 0 Å². The van der Waals surface area contributed by atoms with E-state index in [1.807, 2.05) is 54.6 Å². The second kappa shape index (κ2) is 13.5. The number of hydrogen-bond donors (Lipinski definition) is 1. The van der Waals surface area contributed by atoms with Gasteiger partial charge in [-0.2, -0.15) is 0 Å². The highest BCUT2D eigenvalue weighted by Gasteiger charge is 2.10. The van der Waals surface area contributed by atoms with Crippen LogP contribution in [0, 0.1) is 0 Å². The van der Waals surface area contributed by atoms with E-state index in [2.05, 4.69) is 12.2 Å². The van der Waals surface area contributed by atoms with E-state index in [0.717, 1.165) is 29.7 Å². The molecule has 4 nitrogen and oxygen atoms in total.